The second-order valence-electron chi connectivity index (χ2n) is 23.5. The van der Waals surface area contributed by atoms with Gasteiger partial charge >= 0.3 is 0 Å². The Labute approximate surface area is 386 Å². The summed E-state index contributed by atoms with van der Waals surface area (Å²) in [5, 5.41) is 139. The first kappa shape index (κ1) is 51.6. The Morgan fingerprint density at radius 2 is 1.24 bits per heavy atom. The summed E-state index contributed by atoms with van der Waals surface area (Å²) in [5.41, 5.74) is -3.33. The Kier molecular flexibility index (Phi) is 14.1. The lowest BCUT2D eigenvalue weighted by Gasteiger charge is -2.65. The van der Waals surface area contributed by atoms with Crippen LogP contribution in [0, 0.1) is 50.7 Å². The molecule has 0 aromatic heterocycles. The molecule has 0 aromatic carbocycles. The van der Waals surface area contributed by atoms with E-state index in [9.17, 15) is 66.4 Å². The molecule has 8 fully saturated rings. The smallest absolute Gasteiger partial charge is 0.187 e. The lowest BCUT2D eigenvalue weighted by molar-refractivity contribution is -0.338. The first-order valence-electron chi connectivity index (χ1n) is 24.4. The molecule has 8 aliphatic rings. The fraction of sp³-hybridized carbons (Fsp3) is 1.00. The highest BCUT2D eigenvalue weighted by Gasteiger charge is 2.85. The Morgan fingerprint density at radius 3 is 1.85 bits per heavy atom. The molecule has 5 saturated carbocycles. The van der Waals surface area contributed by atoms with Crippen LogP contribution in [0.15, 0.2) is 0 Å². The minimum atomic E-state index is -1.65. The third-order valence-electron chi connectivity index (χ3n) is 19.4. The van der Waals surface area contributed by atoms with Gasteiger partial charge < -0.3 is 94.8 Å². The number of ether oxygens (including phenoxy) is 6. The van der Waals surface area contributed by atoms with E-state index in [0.717, 1.165) is 25.7 Å². The lowest BCUT2D eigenvalue weighted by atomic mass is 9.41. The maximum absolute atomic E-state index is 12.3. The Bertz CT molecular complexity index is 1700. The van der Waals surface area contributed by atoms with Gasteiger partial charge in [0.05, 0.1) is 49.8 Å². The molecule has 26 atom stereocenters. The number of rotatable bonds is 13. The van der Waals surface area contributed by atoms with E-state index in [2.05, 4.69) is 34.6 Å². The van der Waals surface area contributed by atoms with Crippen molar-refractivity contribution in [1.82, 2.24) is 0 Å². The molecule has 19 nitrogen and oxygen atoms in total. The van der Waals surface area contributed by atoms with Gasteiger partial charge in [0.1, 0.15) is 67.1 Å². The van der Waals surface area contributed by atoms with E-state index in [1.807, 2.05) is 0 Å². The monoisotopic (exact) mass is 949 g/mol. The number of hydrogen-bond acceptors (Lipinski definition) is 19. The van der Waals surface area contributed by atoms with Crippen LogP contribution in [0.5, 0.6) is 0 Å². The maximum atomic E-state index is 12.3. The molecule has 0 amide bonds. The van der Waals surface area contributed by atoms with E-state index in [1.54, 1.807) is 13.8 Å². The van der Waals surface area contributed by atoms with Crippen LogP contribution in [0.1, 0.15) is 106 Å². The number of aliphatic hydroxyl groups excluding tert-OH is 12. The fourth-order valence-corrected chi connectivity index (χ4v) is 15.8. The van der Waals surface area contributed by atoms with Gasteiger partial charge in [-0.2, -0.15) is 0 Å². The van der Waals surface area contributed by atoms with Gasteiger partial charge in [0.15, 0.2) is 18.9 Å². The maximum Gasteiger partial charge on any atom is 0.187 e. The second kappa shape index (κ2) is 18.1. The van der Waals surface area contributed by atoms with Crippen LogP contribution in [0.4, 0.5) is 0 Å². The third-order valence-corrected chi connectivity index (χ3v) is 19.4. The van der Waals surface area contributed by atoms with Gasteiger partial charge in [-0.05, 0) is 122 Å². The summed E-state index contributed by atoms with van der Waals surface area (Å²) < 4.78 is 36.9. The molecule has 19 heteroatoms. The van der Waals surface area contributed by atoms with Crippen LogP contribution in [0.25, 0.3) is 0 Å². The van der Waals surface area contributed by atoms with Crippen molar-refractivity contribution in [1.29, 1.82) is 0 Å². The van der Waals surface area contributed by atoms with Crippen molar-refractivity contribution in [3.63, 3.8) is 0 Å². The summed E-state index contributed by atoms with van der Waals surface area (Å²) >= 11 is 0. The summed E-state index contributed by atoms with van der Waals surface area (Å²) in [6.45, 7) is 12.5. The van der Waals surface area contributed by atoms with Crippen LogP contribution in [0.3, 0.4) is 0 Å². The van der Waals surface area contributed by atoms with Crippen molar-refractivity contribution in [2.75, 3.05) is 19.8 Å². The zero-order chi connectivity index (χ0) is 48.4. The highest BCUT2D eigenvalue weighted by atomic mass is 16.7. The first-order chi connectivity index (χ1) is 30.7. The molecule has 3 heterocycles. The highest BCUT2D eigenvalue weighted by molar-refractivity contribution is 5.33. The summed E-state index contributed by atoms with van der Waals surface area (Å²) in [6, 6.07) is 0. The minimum Gasteiger partial charge on any atom is -0.394 e. The molecule has 3 saturated heterocycles. The molecule has 8 rings (SSSR count). The molecule has 3 aliphatic heterocycles. The number of aliphatic hydroxyl groups is 13. The van der Waals surface area contributed by atoms with Crippen LogP contribution in [-0.2, 0) is 28.4 Å². The van der Waals surface area contributed by atoms with Crippen molar-refractivity contribution < 1.29 is 94.8 Å². The largest absolute Gasteiger partial charge is 0.394 e. The van der Waals surface area contributed by atoms with E-state index < -0.39 is 140 Å². The van der Waals surface area contributed by atoms with Crippen molar-refractivity contribution in [3.05, 3.63) is 0 Å². The van der Waals surface area contributed by atoms with E-state index in [-0.39, 0.29) is 46.5 Å². The zero-order valence-electron chi connectivity index (χ0n) is 39.5. The molecule has 66 heavy (non-hydrogen) atoms. The molecule has 0 aromatic rings. The summed E-state index contributed by atoms with van der Waals surface area (Å²) in [5.74, 6) is -0.463. The molecule has 0 unspecified atom stereocenters. The van der Waals surface area contributed by atoms with Crippen LogP contribution in [0.2, 0.25) is 0 Å². The standard InChI is InChI=1S/C47H80O19/c1-20(8-9-28(43(4,5)60)66-41-37(59)34(56)32(54)25(17-49)64-41)29-21(50)15-45(7)26-14-23(62-40-36(58)33(55)31(53)24(16-48)63-40)38-42(2,3)27(65-39-35(57)30(52)22(51)18-61-39)10-11-47(38)19-46(26,47)13-12-44(29,45)6/h20-41,48-60H,8-19H2,1-7H3/t20-,21+,22-,23+,24-,25-,26+,27+,28+,29+,30+,31-,32-,33+,34+,35-,36-,37-,38+,39+,40-,41+,44-,45+,46+,47-/m1/s1. The Hall–Kier alpha value is -0.760. The summed E-state index contributed by atoms with van der Waals surface area (Å²) in [6.07, 6.45) is -17.3. The van der Waals surface area contributed by atoms with E-state index in [0.29, 0.717) is 32.1 Å². The second-order valence-corrected chi connectivity index (χ2v) is 23.5. The van der Waals surface area contributed by atoms with E-state index in [4.69, 9.17) is 28.4 Å². The van der Waals surface area contributed by atoms with Crippen molar-refractivity contribution in [2.24, 2.45) is 50.7 Å². The highest BCUT2D eigenvalue weighted by Crippen LogP contribution is 2.89. The Balaban J connectivity index is 1.07. The minimum absolute atomic E-state index is 0.0220. The van der Waals surface area contributed by atoms with Crippen LogP contribution < -0.4 is 0 Å². The van der Waals surface area contributed by atoms with Crippen molar-refractivity contribution in [3.8, 4) is 0 Å². The third kappa shape index (κ3) is 7.98. The molecule has 0 bridgehead atoms. The molecule has 2 spiro atoms. The van der Waals surface area contributed by atoms with Gasteiger partial charge in [-0.15, -0.1) is 0 Å². The van der Waals surface area contributed by atoms with Gasteiger partial charge in [0.2, 0.25) is 0 Å². The molecule has 0 radical (unpaired) electrons. The van der Waals surface area contributed by atoms with Gasteiger partial charge in [-0.3, -0.25) is 0 Å². The van der Waals surface area contributed by atoms with Gasteiger partial charge in [0.25, 0.3) is 0 Å². The molecule has 13 N–H and O–H groups in total. The average Bonchev–Trinajstić information content (AvgIpc) is 3.85. The zero-order valence-corrected chi connectivity index (χ0v) is 39.5. The predicted octanol–water partition coefficient (Wildman–Crippen LogP) is -1.61. The SMILES string of the molecule is C[C@H](CC[C@H](O[C@@H]1O[C@H](CO)[C@@H](O)[C@H](O)[C@H]1O)C(C)(C)O)[C@H]1[C@@H](O)C[C@@]2(C)[C@@H]3C[C@H](O[C@@H]4O[C@H](CO)[C@@H](O)[C@H](O)[C@H]4O)[C@H]4C(C)(C)[C@@H](O[C@@H]5OC[C@@H](O)[C@H](O)[C@H]5O)CC[C@@]45C[C@@]35CC[C@]12C. The van der Waals surface area contributed by atoms with Gasteiger partial charge in [-0.1, -0.05) is 34.6 Å². The predicted molar refractivity (Wildman–Crippen MR) is 228 cm³/mol. The number of fused-ring (bicyclic) bond motifs is 2. The fourth-order valence-electron chi connectivity index (χ4n) is 15.8. The van der Waals surface area contributed by atoms with Gasteiger partial charge in [-0.25, -0.2) is 0 Å². The average molecular weight is 949 g/mol. The molecule has 382 valence electrons. The van der Waals surface area contributed by atoms with Crippen LogP contribution in [-0.4, -0.2) is 202 Å². The Morgan fingerprint density at radius 1 is 0.652 bits per heavy atom. The number of hydrogen-bond donors (Lipinski definition) is 13. The normalized spacial score (nSPS) is 54.4. The molecule has 5 aliphatic carbocycles. The van der Waals surface area contributed by atoms with Crippen molar-refractivity contribution in [2.45, 2.75) is 222 Å². The topological polar surface area (TPSA) is 318 Å². The summed E-state index contributed by atoms with van der Waals surface area (Å²) in [4.78, 5) is 0. The lowest BCUT2D eigenvalue weighted by Crippen LogP contribution is -2.65. The van der Waals surface area contributed by atoms with Gasteiger partial charge in [0, 0.05) is 0 Å². The van der Waals surface area contributed by atoms with E-state index in [1.165, 1.54) is 0 Å². The van der Waals surface area contributed by atoms with E-state index >= 15 is 0 Å². The first-order valence-corrected chi connectivity index (χ1v) is 24.4. The summed E-state index contributed by atoms with van der Waals surface area (Å²) in [7, 11) is 0. The quantitative estimate of drug-likeness (QED) is 0.0924. The van der Waals surface area contributed by atoms with Crippen LogP contribution >= 0.6 is 0 Å². The molecular weight excluding hydrogens is 868 g/mol. The molecular formula is C47H80O19. The van der Waals surface area contributed by atoms with Crippen molar-refractivity contribution >= 4 is 0 Å².